The monoisotopic (exact) mass is 435 g/mol. The van der Waals surface area contributed by atoms with Gasteiger partial charge >= 0.3 is 0 Å². The number of carbonyl (C=O) groups is 1. The molecule has 1 aromatic heterocycles. The number of nitrogens with one attached hydrogen (secondary N) is 1. The minimum atomic E-state index is -1.06. The molecule has 0 aliphatic carbocycles. The van der Waals surface area contributed by atoms with Crippen molar-refractivity contribution in [3.63, 3.8) is 0 Å². The quantitative estimate of drug-likeness (QED) is 0.405. The highest BCUT2D eigenvalue weighted by Crippen LogP contribution is 2.27. The van der Waals surface area contributed by atoms with E-state index in [0.717, 1.165) is 17.7 Å². The van der Waals surface area contributed by atoms with Crippen LogP contribution in [0.3, 0.4) is 0 Å². The molecule has 0 aliphatic rings. The normalized spacial score (nSPS) is 10.8. The highest BCUT2D eigenvalue weighted by atomic mass is 19.1. The molecule has 4 rings (SSSR count). The van der Waals surface area contributed by atoms with Crippen molar-refractivity contribution >= 4 is 22.6 Å². The van der Waals surface area contributed by atoms with Gasteiger partial charge in [0, 0.05) is 12.1 Å². The van der Waals surface area contributed by atoms with Crippen LogP contribution in [0, 0.1) is 11.6 Å². The summed E-state index contributed by atoms with van der Waals surface area (Å²) in [6, 6.07) is 15.7. The Morgan fingerprint density at radius 2 is 1.84 bits per heavy atom. The average Bonchev–Trinajstić information content (AvgIpc) is 2.82. The number of halogens is 2. The second kappa shape index (κ2) is 9.49. The van der Waals surface area contributed by atoms with Crippen molar-refractivity contribution < 1.29 is 23.4 Å². The highest BCUT2D eigenvalue weighted by Gasteiger charge is 2.23. The Balaban J connectivity index is 1.63. The number of rotatable bonds is 8. The molecule has 0 saturated heterocycles. The molecular weight excluding hydrogens is 416 g/mol. The zero-order valence-corrected chi connectivity index (χ0v) is 16.9. The molecule has 0 aliphatic heterocycles. The van der Waals surface area contributed by atoms with Crippen LogP contribution in [0.25, 0.3) is 11.0 Å². The molecule has 0 spiro atoms. The largest absolute Gasteiger partial charge is 0.486 e. The van der Waals surface area contributed by atoms with E-state index < -0.39 is 23.0 Å². The second-order valence-corrected chi connectivity index (χ2v) is 6.95. The molecule has 2 N–H and O–H groups in total. The number of benzene rings is 3. The third kappa shape index (κ3) is 4.55. The Kier molecular flexibility index (Phi) is 6.32. The summed E-state index contributed by atoms with van der Waals surface area (Å²) in [7, 11) is 0. The summed E-state index contributed by atoms with van der Waals surface area (Å²) in [5.41, 5.74) is 1.05. The van der Waals surface area contributed by atoms with Gasteiger partial charge in [-0.1, -0.05) is 30.3 Å². The molecule has 0 bridgehead atoms. The van der Waals surface area contributed by atoms with Crippen LogP contribution in [0.2, 0.25) is 0 Å². The fourth-order valence-corrected chi connectivity index (χ4v) is 3.15. The Bertz CT molecular complexity index is 1270. The summed E-state index contributed by atoms with van der Waals surface area (Å²) in [5.74, 6) is -2.68. The van der Waals surface area contributed by atoms with Gasteiger partial charge in [-0.3, -0.25) is 9.78 Å². The number of aromatic nitrogens is 2. The van der Waals surface area contributed by atoms with Crippen molar-refractivity contribution in [1.82, 2.24) is 9.97 Å². The van der Waals surface area contributed by atoms with E-state index in [1.807, 2.05) is 30.3 Å². The standard InChI is InChI=1S/C24H19F2N3O3/c25-17-7-9-20(32-14-15-4-2-1-3-5-15)23(26)22(17)24(31)16-6-8-18-19(12-16)29-21(13-28-18)27-10-11-30/h1-9,12-13,30H,10-11,14H2,(H,27,29). The van der Waals surface area contributed by atoms with Gasteiger partial charge in [0.15, 0.2) is 17.3 Å². The van der Waals surface area contributed by atoms with Gasteiger partial charge in [-0.2, -0.15) is 0 Å². The van der Waals surface area contributed by atoms with Gasteiger partial charge in [0.2, 0.25) is 0 Å². The van der Waals surface area contributed by atoms with Gasteiger partial charge in [-0.05, 0) is 35.9 Å². The van der Waals surface area contributed by atoms with Crippen molar-refractivity contribution in [3.8, 4) is 5.75 Å². The lowest BCUT2D eigenvalue weighted by Crippen LogP contribution is -2.10. The number of fused-ring (bicyclic) bond motifs is 1. The van der Waals surface area contributed by atoms with Crippen LogP contribution in [0.5, 0.6) is 5.75 Å². The van der Waals surface area contributed by atoms with Crippen LogP contribution in [0.15, 0.2) is 66.9 Å². The first-order chi connectivity index (χ1) is 15.6. The summed E-state index contributed by atoms with van der Waals surface area (Å²) in [4.78, 5) is 21.5. The number of ketones is 1. The minimum Gasteiger partial charge on any atom is -0.486 e. The van der Waals surface area contributed by atoms with Crippen molar-refractivity contribution in [3.05, 3.63) is 95.2 Å². The van der Waals surface area contributed by atoms with E-state index in [1.165, 1.54) is 18.3 Å². The van der Waals surface area contributed by atoms with Gasteiger partial charge in [0.25, 0.3) is 0 Å². The predicted octanol–water partition coefficient (Wildman–Crippen LogP) is 4.12. The van der Waals surface area contributed by atoms with Crippen molar-refractivity contribution in [2.24, 2.45) is 0 Å². The van der Waals surface area contributed by atoms with E-state index in [9.17, 15) is 9.18 Å². The predicted molar refractivity (Wildman–Crippen MR) is 116 cm³/mol. The first-order valence-corrected chi connectivity index (χ1v) is 9.88. The summed E-state index contributed by atoms with van der Waals surface area (Å²) in [6.07, 6.45) is 1.49. The van der Waals surface area contributed by atoms with Gasteiger partial charge in [-0.25, -0.2) is 13.8 Å². The lowest BCUT2D eigenvalue weighted by Gasteiger charge is -2.11. The topological polar surface area (TPSA) is 84.3 Å². The van der Waals surface area contributed by atoms with Gasteiger partial charge in [0.05, 0.1) is 29.4 Å². The van der Waals surface area contributed by atoms with Crippen LogP contribution < -0.4 is 10.1 Å². The van der Waals surface area contributed by atoms with Crippen molar-refractivity contribution in [2.75, 3.05) is 18.5 Å². The number of aliphatic hydroxyl groups is 1. The number of anilines is 1. The smallest absolute Gasteiger partial charge is 0.199 e. The zero-order chi connectivity index (χ0) is 22.5. The van der Waals surface area contributed by atoms with E-state index in [-0.39, 0.29) is 31.1 Å². The number of aliphatic hydroxyl groups excluding tert-OH is 1. The van der Waals surface area contributed by atoms with Crippen LogP contribution in [-0.4, -0.2) is 34.0 Å². The van der Waals surface area contributed by atoms with Crippen LogP contribution in [0.4, 0.5) is 14.6 Å². The maximum Gasteiger partial charge on any atom is 0.199 e. The maximum atomic E-state index is 15.0. The fourth-order valence-electron chi connectivity index (χ4n) is 3.15. The maximum absolute atomic E-state index is 15.0. The van der Waals surface area contributed by atoms with Gasteiger partial charge in [0.1, 0.15) is 18.2 Å². The fraction of sp³-hybridized carbons (Fsp3) is 0.125. The summed E-state index contributed by atoms with van der Waals surface area (Å²) in [5, 5.41) is 11.8. The van der Waals surface area contributed by atoms with Gasteiger partial charge < -0.3 is 15.2 Å². The Morgan fingerprint density at radius 1 is 1.03 bits per heavy atom. The number of carbonyl (C=O) groups excluding carboxylic acids is 1. The molecule has 162 valence electrons. The Labute approximate surface area is 182 Å². The van der Waals surface area contributed by atoms with Gasteiger partial charge in [-0.15, -0.1) is 0 Å². The van der Waals surface area contributed by atoms with Crippen LogP contribution in [-0.2, 0) is 6.61 Å². The third-order valence-electron chi connectivity index (χ3n) is 4.74. The summed E-state index contributed by atoms with van der Waals surface area (Å²) in [6.45, 7) is 0.274. The lowest BCUT2D eigenvalue weighted by atomic mass is 10.0. The first-order valence-electron chi connectivity index (χ1n) is 9.88. The molecule has 3 aromatic carbocycles. The molecule has 0 unspecified atom stereocenters. The molecule has 0 fully saturated rings. The zero-order valence-electron chi connectivity index (χ0n) is 16.9. The number of nitrogens with zero attached hydrogens (tertiary/aromatic N) is 2. The second-order valence-electron chi connectivity index (χ2n) is 6.95. The molecule has 0 atom stereocenters. The number of ether oxygens (including phenoxy) is 1. The molecule has 1 heterocycles. The van der Waals surface area contributed by atoms with E-state index in [1.54, 1.807) is 6.07 Å². The highest BCUT2D eigenvalue weighted by molar-refractivity contribution is 6.10. The minimum absolute atomic E-state index is 0.0594. The first kappa shape index (κ1) is 21.3. The van der Waals surface area contributed by atoms with Crippen molar-refractivity contribution in [1.29, 1.82) is 0 Å². The molecule has 0 radical (unpaired) electrons. The molecule has 0 saturated carbocycles. The Hall–Kier alpha value is -3.91. The molecular formula is C24H19F2N3O3. The average molecular weight is 435 g/mol. The number of hydrogen-bond acceptors (Lipinski definition) is 6. The lowest BCUT2D eigenvalue weighted by molar-refractivity contribution is 0.103. The molecule has 0 amide bonds. The van der Waals surface area contributed by atoms with E-state index in [2.05, 4.69) is 15.3 Å². The molecule has 6 nitrogen and oxygen atoms in total. The van der Waals surface area contributed by atoms with E-state index >= 15 is 4.39 Å². The summed E-state index contributed by atoms with van der Waals surface area (Å²) >= 11 is 0. The molecule has 4 aromatic rings. The van der Waals surface area contributed by atoms with Crippen LogP contribution in [0.1, 0.15) is 21.5 Å². The number of hydrogen-bond donors (Lipinski definition) is 2. The van der Waals surface area contributed by atoms with E-state index in [4.69, 9.17) is 9.84 Å². The summed E-state index contributed by atoms with van der Waals surface area (Å²) < 4.78 is 35.0. The third-order valence-corrected chi connectivity index (χ3v) is 4.74. The SMILES string of the molecule is O=C(c1ccc2ncc(NCCO)nc2c1)c1c(F)ccc(OCc2ccccc2)c1F. The Morgan fingerprint density at radius 3 is 2.62 bits per heavy atom. The molecule has 8 heteroatoms. The van der Waals surface area contributed by atoms with Crippen LogP contribution >= 0.6 is 0 Å². The molecule has 32 heavy (non-hydrogen) atoms. The van der Waals surface area contributed by atoms with E-state index in [0.29, 0.717) is 16.9 Å². The van der Waals surface area contributed by atoms with Crippen molar-refractivity contribution in [2.45, 2.75) is 6.61 Å².